The van der Waals surface area contributed by atoms with Crippen LogP contribution in [0.2, 0.25) is 0 Å². The van der Waals surface area contributed by atoms with E-state index in [1.54, 1.807) is 0 Å². The summed E-state index contributed by atoms with van der Waals surface area (Å²) in [6, 6.07) is 0. The van der Waals surface area contributed by atoms with Crippen LogP contribution in [0.3, 0.4) is 0 Å². The minimum Gasteiger partial charge on any atom is -0.393 e. The lowest BCUT2D eigenvalue weighted by molar-refractivity contribution is -0.0200. The molecule has 0 aromatic carbocycles. The molecule has 4 unspecified atom stereocenters. The van der Waals surface area contributed by atoms with Gasteiger partial charge in [-0.05, 0) is 24.7 Å². The molecule has 0 aromatic rings. The number of aliphatic hydroxyl groups excluding tert-OH is 2. The Morgan fingerprint density at radius 3 is 2.20 bits per heavy atom. The number of hydrogen-bond acceptors (Lipinski definition) is 2. The van der Waals surface area contributed by atoms with E-state index in [0.29, 0.717) is 18.3 Å². The fourth-order valence-electron chi connectivity index (χ4n) is 1.61. The highest BCUT2D eigenvalue weighted by atomic mass is 16.3. The van der Waals surface area contributed by atoms with E-state index in [9.17, 15) is 10.2 Å². The van der Waals surface area contributed by atoms with Crippen molar-refractivity contribution in [2.45, 2.75) is 38.9 Å². The van der Waals surface area contributed by atoms with Crippen molar-refractivity contribution in [1.82, 2.24) is 0 Å². The molecule has 2 nitrogen and oxygen atoms in total. The summed E-state index contributed by atoms with van der Waals surface area (Å²) < 4.78 is 0. The number of hydrogen-bond donors (Lipinski definition) is 2. The summed E-state index contributed by atoms with van der Waals surface area (Å²) in [5.41, 5.74) is 0. The second-order valence-electron chi connectivity index (χ2n) is 3.53. The standard InChI is InChI=1S/C8H16O2/c1-5-3-7(9)4-8(10)6(5)2/h5-10H,3-4H2,1-2H3. The quantitative estimate of drug-likeness (QED) is 0.527. The average Bonchev–Trinajstić information content (AvgIpc) is 1.82. The van der Waals surface area contributed by atoms with Crippen LogP contribution in [0, 0.1) is 11.8 Å². The maximum Gasteiger partial charge on any atom is 0.0592 e. The second kappa shape index (κ2) is 2.89. The zero-order valence-electron chi connectivity index (χ0n) is 6.62. The molecule has 60 valence electrons. The summed E-state index contributed by atoms with van der Waals surface area (Å²) in [5, 5.41) is 18.6. The van der Waals surface area contributed by atoms with Crippen LogP contribution in [-0.2, 0) is 0 Å². The van der Waals surface area contributed by atoms with Gasteiger partial charge in [0.15, 0.2) is 0 Å². The largest absolute Gasteiger partial charge is 0.393 e. The smallest absolute Gasteiger partial charge is 0.0592 e. The van der Waals surface area contributed by atoms with Crippen molar-refractivity contribution in [3.05, 3.63) is 0 Å². The predicted octanol–water partition coefficient (Wildman–Crippen LogP) is 0.774. The van der Waals surface area contributed by atoms with Gasteiger partial charge in [-0.2, -0.15) is 0 Å². The zero-order valence-corrected chi connectivity index (χ0v) is 6.62. The SMILES string of the molecule is CC1CC(O)CC(O)C1C. The molecule has 0 radical (unpaired) electrons. The Morgan fingerprint density at radius 2 is 1.70 bits per heavy atom. The molecule has 1 aliphatic rings. The molecule has 2 heteroatoms. The number of aliphatic hydroxyl groups is 2. The summed E-state index contributed by atoms with van der Waals surface area (Å²) in [7, 11) is 0. The van der Waals surface area contributed by atoms with Crippen molar-refractivity contribution in [1.29, 1.82) is 0 Å². The van der Waals surface area contributed by atoms with E-state index >= 15 is 0 Å². The summed E-state index contributed by atoms with van der Waals surface area (Å²) in [6.07, 6.45) is 0.837. The molecule has 1 fully saturated rings. The van der Waals surface area contributed by atoms with Crippen LogP contribution in [-0.4, -0.2) is 22.4 Å². The third-order valence-corrected chi connectivity index (χ3v) is 2.66. The van der Waals surface area contributed by atoms with Gasteiger partial charge in [0.05, 0.1) is 12.2 Å². The fraction of sp³-hybridized carbons (Fsp3) is 1.00. The maximum atomic E-state index is 9.36. The van der Waals surface area contributed by atoms with Gasteiger partial charge in [-0.1, -0.05) is 13.8 Å². The molecule has 1 rings (SSSR count). The van der Waals surface area contributed by atoms with Gasteiger partial charge in [0.1, 0.15) is 0 Å². The van der Waals surface area contributed by atoms with E-state index < -0.39 is 0 Å². The van der Waals surface area contributed by atoms with Gasteiger partial charge in [0, 0.05) is 0 Å². The average molecular weight is 144 g/mol. The highest BCUT2D eigenvalue weighted by Gasteiger charge is 2.30. The number of rotatable bonds is 0. The molecule has 1 aliphatic carbocycles. The Labute approximate surface area is 61.9 Å². The first kappa shape index (κ1) is 8.02. The molecule has 0 amide bonds. The zero-order chi connectivity index (χ0) is 7.72. The topological polar surface area (TPSA) is 40.5 Å². The Hall–Kier alpha value is -0.0800. The van der Waals surface area contributed by atoms with E-state index in [0.717, 1.165) is 6.42 Å². The normalized spacial score (nSPS) is 49.2. The molecular formula is C8H16O2. The first-order chi connectivity index (χ1) is 4.61. The molecule has 10 heavy (non-hydrogen) atoms. The second-order valence-corrected chi connectivity index (χ2v) is 3.53. The third kappa shape index (κ3) is 1.50. The highest BCUT2D eigenvalue weighted by molar-refractivity contribution is 4.80. The summed E-state index contributed by atoms with van der Waals surface area (Å²) in [6.45, 7) is 4.12. The molecule has 0 spiro atoms. The first-order valence-electron chi connectivity index (χ1n) is 3.97. The lowest BCUT2D eigenvalue weighted by atomic mass is 9.78. The van der Waals surface area contributed by atoms with Gasteiger partial charge >= 0.3 is 0 Å². The molecule has 0 aliphatic heterocycles. The molecule has 0 heterocycles. The summed E-state index contributed by atoms with van der Waals surface area (Å²) in [4.78, 5) is 0. The third-order valence-electron chi connectivity index (χ3n) is 2.66. The molecule has 0 saturated heterocycles. The molecule has 0 aromatic heterocycles. The minimum absolute atomic E-state index is 0.277. The lowest BCUT2D eigenvalue weighted by Crippen LogP contribution is -2.35. The minimum atomic E-state index is -0.293. The van der Waals surface area contributed by atoms with Gasteiger partial charge in [-0.3, -0.25) is 0 Å². The van der Waals surface area contributed by atoms with Gasteiger partial charge in [0.25, 0.3) is 0 Å². The van der Waals surface area contributed by atoms with E-state index in [-0.39, 0.29) is 12.2 Å². The van der Waals surface area contributed by atoms with Crippen molar-refractivity contribution in [2.24, 2.45) is 11.8 Å². The van der Waals surface area contributed by atoms with E-state index in [1.165, 1.54) is 0 Å². The van der Waals surface area contributed by atoms with Crippen LogP contribution in [0.5, 0.6) is 0 Å². The predicted molar refractivity (Wildman–Crippen MR) is 39.6 cm³/mol. The molecule has 1 saturated carbocycles. The van der Waals surface area contributed by atoms with Gasteiger partial charge in [-0.25, -0.2) is 0 Å². The summed E-state index contributed by atoms with van der Waals surface area (Å²) >= 11 is 0. The van der Waals surface area contributed by atoms with E-state index in [2.05, 4.69) is 6.92 Å². The van der Waals surface area contributed by atoms with Crippen LogP contribution in [0.25, 0.3) is 0 Å². The lowest BCUT2D eigenvalue weighted by Gasteiger charge is -2.33. The molecule has 0 bridgehead atoms. The Bertz CT molecular complexity index is 102. The van der Waals surface area contributed by atoms with Crippen LogP contribution in [0.15, 0.2) is 0 Å². The Morgan fingerprint density at radius 1 is 1.10 bits per heavy atom. The van der Waals surface area contributed by atoms with Crippen LogP contribution < -0.4 is 0 Å². The van der Waals surface area contributed by atoms with Crippen molar-refractivity contribution in [2.75, 3.05) is 0 Å². The summed E-state index contributed by atoms with van der Waals surface area (Å²) in [5.74, 6) is 0.808. The van der Waals surface area contributed by atoms with Gasteiger partial charge in [0.2, 0.25) is 0 Å². The van der Waals surface area contributed by atoms with Gasteiger partial charge < -0.3 is 10.2 Å². The van der Waals surface area contributed by atoms with E-state index in [1.807, 2.05) is 6.92 Å². The van der Waals surface area contributed by atoms with Crippen LogP contribution in [0.4, 0.5) is 0 Å². The van der Waals surface area contributed by atoms with Crippen LogP contribution >= 0.6 is 0 Å². The molecule has 4 atom stereocenters. The van der Waals surface area contributed by atoms with Crippen molar-refractivity contribution < 1.29 is 10.2 Å². The Balaban J connectivity index is 2.49. The highest BCUT2D eigenvalue weighted by Crippen LogP contribution is 2.29. The Kier molecular flexibility index (Phi) is 2.32. The molecular weight excluding hydrogens is 128 g/mol. The van der Waals surface area contributed by atoms with Gasteiger partial charge in [-0.15, -0.1) is 0 Å². The maximum absolute atomic E-state index is 9.36. The van der Waals surface area contributed by atoms with Crippen molar-refractivity contribution in [3.8, 4) is 0 Å². The van der Waals surface area contributed by atoms with Crippen molar-refractivity contribution in [3.63, 3.8) is 0 Å². The van der Waals surface area contributed by atoms with E-state index in [4.69, 9.17) is 0 Å². The fourth-order valence-corrected chi connectivity index (χ4v) is 1.61. The first-order valence-corrected chi connectivity index (χ1v) is 3.97. The van der Waals surface area contributed by atoms with Crippen LogP contribution in [0.1, 0.15) is 26.7 Å². The van der Waals surface area contributed by atoms with Crippen molar-refractivity contribution >= 4 is 0 Å². The monoisotopic (exact) mass is 144 g/mol. The molecule has 2 N–H and O–H groups in total.